The molecule has 0 radical (unpaired) electrons. The first-order chi connectivity index (χ1) is 8.02. The molecule has 0 saturated carbocycles. The molecule has 96 valence electrons. The SMILES string of the molecule is CCCC(C(=O)OCC)n1nc(C)c(C)c1C. The molecule has 1 unspecified atom stereocenters. The summed E-state index contributed by atoms with van der Waals surface area (Å²) in [5.41, 5.74) is 3.18. The zero-order valence-electron chi connectivity index (χ0n) is 11.4. The number of carbonyl (C=O) groups excluding carboxylic acids is 1. The van der Waals surface area contributed by atoms with Crippen molar-refractivity contribution in [2.75, 3.05) is 6.61 Å². The van der Waals surface area contributed by atoms with Crippen molar-refractivity contribution in [1.29, 1.82) is 0 Å². The van der Waals surface area contributed by atoms with Crippen LogP contribution in [0.3, 0.4) is 0 Å². The Morgan fingerprint density at radius 2 is 2.00 bits per heavy atom. The molecule has 0 bridgehead atoms. The standard InChI is InChI=1S/C13H22N2O2/c1-6-8-12(13(16)17-7-2)15-11(5)9(3)10(4)14-15/h12H,6-8H2,1-5H3. The van der Waals surface area contributed by atoms with Crippen LogP contribution in [0.4, 0.5) is 0 Å². The molecule has 0 spiro atoms. The highest BCUT2D eigenvalue weighted by atomic mass is 16.5. The van der Waals surface area contributed by atoms with E-state index in [2.05, 4.69) is 12.0 Å². The van der Waals surface area contributed by atoms with Gasteiger partial charge in [-0.05, 0) is 39.7 Å². The monoisotopic (exact) mass is 238 g/mol. The van der Waals surface area contributed by atoms with Crippen molar-refractivity contribution in [3.63, 3.8) is 0 Å². The summed E-state index contributed by atoms with van der Waals surface area (Å²) >= 11 is 0. The van der Waals surface area contributed by atoms with Gasteiger partial charge in [0.25, 0.3) is 0 Å². The van der Waals surface area contributed by atoms with Gasteiger partial charge in [0.2, 0.25) is 0 Å². The number of ether oxygens (including phenoxy) is 1. The Hall–Kier alpha value is -1.32. The van der Waals surface area contributed by atoms with Gasteiger partial charge >= 0.3 is 5.97 Å². The zero-order valence-corrected chi connectivity index (χ0v) is 11.4. The Labute approximate surface area is 103 Å². The van der Waals surface area contributed by atoms with Crippen molar-refractivity contribution in [2.45, 2.75) is 53.5 Å². The van der Waals surface area contributed by atoms with Crippen molar-refractivity contribution in [1.82, 2.24) is 9.78 Å². The van der Waals surface area contributed by atoms with Crippen molar-refractivity contribution in [3.8, 4) is 0 Å². The molecule has 0 aliphatic rings. The molecule has 4 heteroatoms. The second-order valence-corrected chi connectivity index (χ2v) is 4.30. The van der Waals surface area contributed by atoms with Crippen molar-refractivity contribution < 1.29 is 9.53 Å². The summed E-state index contributed by atoms with van der Waals surface area (Å²) in [6.45, 7) is 10.3. The molecule has 1 aromatic rings. The molecule has 1 rings (SSSR count). The first-order valence-corrected chi connectivity index (χ1v) is 6.21. The van der Waals surface area contributed by atoms with Crippen LogP contribution in [-0.4, -0.2) is 22.4 Å². The number of hydrogen-bond acceptors (Lipinski definition) is 3. The van der Waals surface area contributed by atoms with Crippen LogP contribution < -0.4 is 0 Å². The van der Waals surface area contributed by atoms with E-state index in [0.717, 1.165) is 29.8 Å². The lowest BCUT2D eigenvalue weighted by molar-refractivity contribution is -0.147. The van der Waals surface area contributed by atoms with Crippen LogP contribution in [0.5, 0.6) is 0 Å². The summed E-state index contributed by atoms with van der Waals surface area (Å²) in [6, 6.07) is -0.285. The topological polar surface area (TPSA) is 44.1 Å². The fraction of sp³-hybridized carbons (Fsp3) is 0.692. The minimum Gasteiger partial charge on any atom is -0.464 e. The third-order valence-electron chi connectivity index (χ3n) is 3.10. The van der Waals surface area contributed by atoms with Gasteiger partial charge in [-0.1, -0.05) is 13.3 Å². The second-order valence-electron chi connectivity index (χ2n) is 4.30. The van der Waals surface area contributed by atoms with Crippen LogP contribution in [0.15, 0.2) is 0 Å². The van der Waals surface area contributed by atoms with Gasteiger partial charge in [0, 0.05) is 5.69 Å². The van der Waals surface area contributed by atoms with Crippen molar-refractivity contribution in [2.24, 2.45) is 0 Å². The van der Waals surface area contributed by atoms with E-state index in [-0.39, 0.29) is 12.0 Å². The number of hydrogen-bond donors (Lipinski definition) is 0. The van der Waals surface area contributed by atoms with E-state index in [1.165, 1.54) is 0 Å². The van der Waals surface area contributed by atoms with Crippen LogP contribution in [0.2, 0.25) is 0 Å². The summed E-state index contributed by atoms with van der Waals surface area (Å²) < 4.78 is 6.93. The van der Waals surface area contributed by atoms with Crippen LogP contribution in [0.1, 0.15) is 49.7 Å². The maximum atomic E-state index is 11.9. The number of esters is 1. The third kappa shape index (κ3) is 2.87. The van der Waals surface area contributed by atoms with E-state index in [4.69, 9.17) is 4.74 Å². The maximum absolute atomic E-state index is 11.9. The van der Waals surface area contributed by atoms with Crippen molar-refractivity contribution >= 4 is 5.97 Å². The van der Waals surface area contributed by atoms with Gasteiger partial charge < -0.3 is 4.74 Å². The van der Waals surface area contributed by atoms with Crippen LogP contribution in [-0.2, 0) is 9.53 Å². The van der Waals surface area contributed by atoms with E-state index in [9.17, 15) is 4.79 Å². The van der Waals surface area contributed by atoms with Crippen LogP contribution in [0, 0.1) is 20.8 Å². The fourth-order valence-corrected chi connectivity index (χ4v) is 1.90. The van der Waals surface area contributed by atoms with Crippen LogP contribution >= 0.6 is 0 Å². The summed E-state index contributed by atoms with van der Waals surface area (Å²) in [6.07, 6.45) is 1.70. The van der Waals surface area contributed by atoms with E-state index < -0.39 is 0 Å². The molecule has 1 heterocycles. The van der Waals surface area contributed by atoms with Crippen molar-refractivity contribution in [3.05, 3.63) is 17.0 Å². The predicted octanol–water partition coefficient (Wildman–Crippen LogP) is 2.71. The summed E-state index contributed by atoms with van der Waals surface area (Å²) in [5.74, 6) is -0.181. The molecule has 17 heavy (non-hydrogen) atoms. The van der Waals surface area contributed by atoms with Gasteiger partial charge in [-0.2, -0.15) is 5.10 Å². The molecule has 0 amide bonds. The molecule has 0 fully saturated rings. The molecule has 1 aromatic heterocycles. The summed E-state index contributed by atoms with van der Waals surface area (Å²) in [5, 5.41) is 4.45. The molecule has 1 atom stereocenters. The van der Waals surface area contributed by atoms with Gasteiger partial charge in [0.15, 0.2) is 0 Å². The lowest BCUT2D eigenvalue weighted by Gasteiger charge is -2.17. The highest BCUT2D eigenvalue weighted by Gasteiger charge is 2.24. The summed E-state index contributed by atoms with van der Waals surface area (Å²) in [7, 11) is 0. The Kier molecular flexibility index (Phi) is 4.73. The van der Waals surface area contributed by atoms with E-state index >= 15 is 0 Å². The molecule has 0 aromatic carbocycles. The quantitative estimate of drug-likeness (QED) is 0.741. The number of aryl methyl sites for hydroxylation is 1. The van der Waals surface area contributed by atoms with Gasteiger partial charge in [0.1, 0.15) is 6.04 Å². The fourth-order valence-electron chi connectivity index (χ4n) is 1.90. The minimum absolute atomic E-state index is 0.181. The zero-order chi connectivity index (χ0) is 13.0. The number of rotatable bonds is 5. The Balaban J connectivity index is 3.05. The van der Waals surface area contributed by atoms with Gasteiger partial charge in [-0.15, -0.1) is 0 Å². The molecular formula is C13H22N2O2. The molecule has 0 N–H and O–H groups in total. The highest BCUT2D eigenvalue weighted by Crippen LogP contribution is 2.21. The third-order valence-corrected chi connectivity index (χ3v) is 3.10. The molecule has 4 nitrogen and oxygen atoms in total. The van der Waals surface area contributed by atoms with Crippen LogP contribution in [0.25, 0.3) is 0 Å². The van der Waals surface area contributed by atoms with Gasteiger partial charge in [0.05, 0.1) is 12.3 Å². The van der Waals surface area contributed by atoms with E-state index in [1.54, 1.807) is 0 Å². The largest absolute Gasteiger partial charge is 0.464 e. The minimum atomic E-state index is -0.285. The smallest absolute Gasteiger partial charge is 0.330 e. The predicted molar refractivity (Wildman–Crippen MR) is 67.0 cm³/mol. The first kappa shape index (κ1) is 13.7. The molecule has 0 saturated heterocycles. The normalized spacial score (nSPS) is 12.5. The Morgan fingerprint density at radius 3 is 2.41 bits per heavy atom. The number of carbonyl (C=O) groups is 1. The summed E-state index contributed by atoms with van der Waals surface area (Å²) in [4.78, 5) is 11.9. The maximum Gasteiger partial charge on any atom is 0.330 e. The molecular weight excluding hydrogens is 216 g/mol. The second kappa shape index (κ2) is 5.84. The van der Waals surface area contributed by atoms with Gasteiger partial charge in [-0.3, -0.25) is 4.68 Å². The highest BCUT2D eigenvalue weighted by molar-refractivity contribution is 5.74. The lowest BCUT2D eigenvalue weighted by Crippen LogP contribution is -2.24. The Morgan fingerprint density at radius 1 is 1.35 bits per heavy atom. The average Bonchev–Trinajstić information content (AvgIpc) is 2.54. The number of nitrogens with zero attached hydrogens (tertiary/aromatic N) is 2. The molecule has 0 aliphatic heterocycles. The van der Waals surface area contributed by atoms with Gasteiger partial charge in [-0.25, -0.2) is 4.79 Å². The lowest BCUT2D eigenvalue weighted by atomic mass is 10.1. The van der Waals surface area contributed by atoms with E-state index in [1.807, 2.05) is 32.4 Å². The average molecular weight is 238 g/mol. The molecule has 0 aliphatic carbocycles. The number of aromatic nitrogens is 2. The first-order valence-electron chi connectivity index (χ1n) is 6.21. The van der Waals surface area contributed by atoms with E-state index in [0.29, 0.717) is 6.61 Å². The Bertz CT molecular complexity index is 396.